The predicted molar refractivity (Wildman–Crippen MR) is 104 cm³/mol. The Labute approximate surface area is 153 Å². The molecule has 2 aromatic heterocycles. The quantitative estimate of drug-likeness (QED) is 0.731. The summed E-state index contributed by atoms with van der Waals surface area (Å²) in [6.45, 7) is 6.62. The largest absolute Gasteiger partial charge is 0.354 e. The van der Waals surface area contributed by atoms with Crippen LogP contribution in [-0.4, -0.2) is 15.9 Å². The second-order valence-corrected chi connectivity index (χ2v) is 6.33. The first-order valence-electron chi connectivity index (χ1n) is 8.52. The van der Waals surface area contributed by atoms with Crippen molar-refractivity contribution in [2.45, 2.75) is 27.3 Å². The number of anilines is 2. The number of pyridine rings is 2. The summed E-state index contributed by atoms with van der Waals surface area (Å²) in [6, 6.07) is 13.5. The number of hydrogen-bond acceptors (Lipinski definition) is 4. The van der Waals surface area contributed by atoms with Gasteiger partial charge in [0.1, 0.15) is 5.69 Å². The van der Waals surface area contributed by atoms with Crippen LogP contribution in [0.3, 0.4) is 0 Å². The van der Waals surface area contributed by atoms with E-state index in [9.17, 15) is 4.79 Å². The SMILES string of the molecule is Cc1cc(C)c(Nc2ccc(C(=O)NCc3ccccn3)nc2)c(C)c1. The lowest BCUT2D eigenvalue weighted by atomic mass is 10.0. The molecule has 0 bridgehead atoms. The molecule has 132 valence electrons. The second-order valence-electron chi connectivity index (χ2n) is 6.33. The van der Waals surface area contributed by atoms with Crippen LogP contribution in [-0.2, 0) is 6.54 Å². The summed E-state index contributed by atoms with van der Waals surface area (Å²) in [5.74, 6) is -0.218. The molecule has 3 aromatic rings. The molecule has 0 aliphatic rings. The van der Waals surface area contributed by atoms with Gasteiger partial charge < -0.3 is 10.6 Å². The molecule has 1 aromatic carbocycles. The van der Waals surface area contributed by atoms with E-state index >= 15 is 0 Å². The zero-order chi connectivity index (χ0) is 18.5. The first kappa shape index (κ1) is 17.6. The van der Waals surface area contributed by atoms with Crippen molar-refractivity contribution in [3.8, 4) is 0 Å². The minimum Gasteiger partial charge on any atom is -0.354 e. The number of carbonyl (C=O) groups excluding carboxylic acids is 1. The van der Waals surface area contributed by atoms with Crippen LogP contribution in [0.1, 0.15) is 32.9 Å². The number of hydrogen-bond donors (Lipinski definition) is 2. The van der Waals surface area contributed by atoms with Gasteiger partial charge in [0.05, 0.1) is 24.1 Å². The Morgan fingerprint density at radius 1 is 1.00 bits per heavy atom. The zero-order valence-corrected chi connectivity index (χ0v) is 15.2. The Morgan fingerprint density at radius 3 is 2.38 bits per heavy atom. The molecule has 26 heavy (non-hydrogen) atoms. The molecule has 0 fully saturated rings. The van der Waals surface area contributed by atoms with E-state index in [1.807, 2.05) is 24.3 Å². The van der Waals surface area contributed by atoms with Gasteiger partial charge in [0, 0.05) is 11.9 Å². The molecule has 0 unspecified atom stereocenters. The number of nitrogens with one attached hydrogen (secondary N) is 2. The lowest BCUT2D eigenvalue weighted by molar-refractivity contribution is 0.0945. The molecule has 5 nitrogen and oxygen atoms in total. The summed E-state index contributed by atoms with van der Waals surface area (Å²) in [5.41, 5.74) is 6.71. The summed E-state index contributed by atoms with van der Waals surface area (Å²) >= 11 is 0. The number of carbonyl (C=O) groups is 1. The lowest BCUT2D eigenvalue weighted by Gasteiger charge is -2.14. The van der Waals surface area contributed by atoms with Crippen molar-refractivity contribution in [3.05, 3.63) is 82.9 Å². The molecule has 3 rings (SSSR count). The predicted octanol–water partition coefficient (Wildman–Crippen LogP) is 4.08. The molecule has 0 radical (unpaired) electrons. The Morgan fingerprint density at radius 2 is 1.77 bits per heavy atom. The summed E-state index contributed by atoms with van der Waals surface area (Å²) in [6.07, 6.45) is 3.38. The molecule has 5 heteroatoms. The Kier molecular flexibility index (Phi) is 5.27. The third-order valence-electron chi connectivity index (χ3n) is 4.10. The first-order valence-corrected chi connectivity index (χ1v) is 8.52. The average molecular weight is 346 g/mol. The molecule has 2 heterocycles. The third-order valence-corrected chi connectivity index (χ3v) is 4.10. The maximum absolute atomic E-state index is 12.2. The molecular weight excluding hydrogens is 324 g/mol. The van der Waals surface area contributed by atoms with Gasteiger partial charge in [-0.15, -0.1) is 0 Å². The van der Waals surface area contributed by atoms with Crippen LogP contribution in [0, 0.1) is 20.8 Å². The minimum absolute atomic E-state index is 0.218. The fourth-order valence-electron chi connectivity index (χ4n) is 2.89. The topological polar surface area (TPSA) is 66.9 Å². The van der Waals surface area contributed by atoms with Gasteiger partial charge in [-0.3, -0.25) is 9.78 Å². The van der Waals surface area contributed by atoms with E-state index in [1.165, 1.54) is 16.7 Å². The summed E-state index contributed by atoms with van der Waals surface area (Å²) < 4.78 is 0. The van der Waals surface area contributed by atoms with Gasteiger partial charge in [-0.2, -0.15) is 0 Å². The van der Waals surface area contributed by atoms with Gasteiger partial charge in [0.2, 0.25) is 0 Å². The Hall–Kier alpha value is -3.21. The smallest absolute Gasteiger partial charge is 0.270 e. The van der Waals surface area contributed by atoms with Gasteiger partial charge in [0.25, 0.3) is 5.91 Å². The molecule has 0 aliphatic heterocycles. The van der Waals surface area contributed by atoms with Gasteiger partial charge in [-0.05, 0) is 56.2 Å². The number of amides is 1. The molecule has 2 N–H and O–H groups in total. The van der Waals surface area contributed by atoms with Crippen LogP contribution >= 0.6 is 0 Å². The van der Waals surface area contributed by atoms with E-state index < -0.39 is 0 Å². The van der Waals surface area contributed by atoms with E-state index in [-0.39, 0.29) is 5.91 Å². The zero-order valence-electron chi connectivity index (χ0n) is 15.2. The van der Waals surface area contributed by atoms with Gasteiger partial charge in [0.15, 0.2) is 0 Å². The number of nitrogens with zero attached hydrogens (tertiary/aromatic N) is 2. The standard InChI is InChI=1S/C21H22N4O/c1-14-10-15(2)20(16(3)11-14)25-18-7-8-19(23-13-18)21(26)24-12-17-6-4-5-9-22-17/h4-11,13,25H,12H2,1-3H3,(H,24,26). The second kappa shape index (κ2) is 7.78. The summed E-state index contributed by atoms with van der Waals surface area (Å²) in [4.78, 5) is 20.7. The Bertz CT molecular complexity index is 882. The molecule has 0 spiro atoms. The number of aryl methyl sites for hydroxylation is 3. The lowest BCUT2D eigenvalue weighted by Crippen LogP contribution is -2.24. The molecule has 0 aliphatic carbocycles. The monoisotopic (exact) mass is 346 g/mol. The van der Waals surface area contributed by atoms with Crippen molar-refractivity contribution in [2.24, 2.45) is 0 Å². The third kappa shape index (κ3) is 4.25. The van der Waals surface area contributed by atoms with Crippen LogP contribution in [0.15, 0.2) is 54.9 Å². The fraction of sp³-hybridized carbons (Fsp3) is 0.190. The van der Waals surface area contributed by atoms with Gasteiger partial charge in [-0.1, -0.05) is 23.8 Å². The highest BCUT2D eigenvalue weighted by atomic mass is 16.1. The highest BCUT2D eigenvalue weighted by molar-refractivity contribution is 5.92. The van der Waals surface area contributed by atoms with Crippen molar-refractivity contribution in [1.82, 2.24) is 15.3 Å². The van der Waals surface area contributed by atoms with Crippen LogP contribution < -0.4 is 10.6 Å². The van der Waals surface area contributed by atoms with Crippen molar-refractivity contribution >= 4 is 17.3 Å². The molecule has 0 saturated carbocycles. The molecule has 0 saturated heterocycles. The normalized spacial score (nSPS) is 10.4. The van der Waals surface area contributed by atoms with E-state index in [1.54, 1.807) is 18.5 Å². The molecule has 1 amide bonds. The Balaban J connectivity index is 1.66. The summed E-state index contributed by atoms with van der Waals surface area (Å²) in [5, 5.41) is 6.21. The van der Waals surface area contributed by atoms with Gasteiger partial charge >= 0.3 is 0 Å². The molecule has 0 atom stereocenters. The maximum Gasteiger partial charge on any atom is 0.270 e. The maximum atomic E-state index is 12.2. The van der Waals surface area contributed by atoms with E-state index in [4.69, 9.17) is 0 Å². The van der Waals surface area contributed by atoms with Crippen molar-refractivity contribution in [3.63, 3.8) is 0 Å². The number of aromatic nitrogens is 2. The van der Waals surface area contributed by atoms with Crippen molar-refractivity contribution < 1.29 is 4.79 Å². The van der Waals surface area contributed by atoms with Crippen LogP contribution in [0.25, 0.3) is 0 Å². The van der Waals surface area contributed by atoms with E-state index in [2.05, 4.69) is 53.5 Å². The van der Waals surface area contributed by atoms with Crippen LogP contribution in [0.4, 0.5) is 11.4 Å². The minimum atomic E-state index is -0.218. The number of rotatable bonds is 5. The van der Waals surface area contributed by atoms with Crippen LogP contribution in [0.2, 0.25) is 0 Å². The fourth-order valence-corrected chi connectivity index (χ4v) is 2.89. The van der Waals surface area contributed by atoms with E-state index in [0.717, 1.165) is 17.1 Å². The highest BCUT2D eigenvalue weighted by Gasteiger charge is 2.09. The average Bonchev–Trinajstić information content (AvgIpc) is 2.64. The van der Waals surface area contributed by atoms with Crippen molar-refractivity contribution in [2.75, 3.05) is 5.32 Å². The van der Waals surface area contributed by atoms with E-state index in [0.29, 0.717) is 12.2 Å². The molecular formula is C21H22N4O. The highest BCUT2D eigenvalue weighted by Crippen LogP contribution is 2.25. The number of benzene rings is 1. The van der Waals surface area contributed by atoms with Gasteiger partial charge in [-0.25, -0.2) is 4.98 Å². The summed E-state index contributed by atoms with van der Waals surface area (Å²) in [7, 11) is 0. The first-order chi connectivity index (χ1) is 12.5. The van der Waals surface area contributed by atoms with Crippen LogP contribution in [0.5, 0.6) is 0 Å². The van der Waals surface area contributed by atoms with Crippen molar-refractivity contribution in [1.29, 1.82) is 0 Å².